The SMILES string of the molecule is CCOC(=O)C(F)[C@@H](N)c1ccccc1C#N. The third-order valence-electron chi connectivity index (χ3n) is 2.27. The molecule has 1 aromatic carbocycles. The van der Waals surface area contributed by atoms with Gasteiger partial charge in [-0.2, -0.15) is 5.26 Å². The molecule has 0 aliphatic carbocycles. The molecule has 2 atom stereocenters. The largest absolute Gasteiger partial charge is 0.464 e. The normalized spacial score (nSPS) is 13.5. The van der Waals surface area contributed by atoms with Crippen molar-refractivity contribution in [1.29, 1.82) is 5.26 Å². The molecular formula is C12H13FN2O2. The summed E-state index contributed by atoms with van der Waals surface area (Å²) in [6, 6.07) is 7.04. The molecule has 0 bridgehead atoms. The number of nitriles is 1. The van der Waals surface area contributed by atoms with Crippen molar-refractivity contribution in [2.75, 3.05) is 6.61 Å². The van der Waals surface area contributed by atoms with Crippen molar-refractivity contribution in [2.45, 2.75) is 19.1 Å². The number of nitrogens with two attached hydrogens (primary N) is 1. The molecule has 17 heavy (non-hydrogen) atoms. The molecular weight excluding hydrogens is 223 g/mol. The molecule has 2 N–H and O–H groups in total. The van der Waals surface area contributed by atoms with Gasteiger partial charge in [0.15, 0.2) is 0 Å². The van der Waals surface area contributed by atoms with Crippen LogP contribution in [0.4, 0.5) is 4.39 Å². The number of carbonyl (C=O) groups excluding carboxylic acids is 1. The van der Waals surface area contributed by atoms with E-state index in [4.69, 9.17) is 11.0 Å². The molecule has 0 heterocycles. The summed E-state index contributed by atoms with van der Waals surface area (Å²) in [5.74, 6) is -1.01. The minimum absolute atomic E-state index is 0.0892. The number of carbonyl (C=O) groups is 1. The Morgan fingerprint density at radius 1 is 1.59 bits per heavy atom. The van der Waals surface area contributed by atoms with Crippen molar-refractivity contribution in [2.24, 2.45) is 5.73 Å². The van der Waals surface area contributed by atoms with Crippen molar-refractivity contribution in [3.05, 3.63) is 35.4 Å². The lowest BCUT2D eigenvalue weighted by Gasteiger charge is -2.16. The summed E-state index contributed by atoms with van der Waals surface area (Å²) < 4.78 is 18.2. The number of hydrogen-bond acceptors (Lipinski definition) is 4. The van der Waals surface area contributed by atoms with Gasteiger partial charge >= 0.3 is 5.97 Å². The Labute approximate surface area is 98.8 Å². The predicted octanol–water partition coefficient (Wildman–Crippen LogP) is 1.46. The van der Waals surface area contributed by atoms with E-state index in [1.165, 1.54) is 12.1 Å². The van der Waals surface area contributed by atoms with Crippen LogP contribution in [0.1, 0.15) is 24.1 Å². The van der Waals surface area contributed by atoms with E-state index in [2.05, 4.69) is 4.74 Å². The number of halogens is 1. The zero-order valence-corrected chi connectivity index (χ0v) is 9.39. The molecule has 1 unspecified atom stereocenters. The van der Waals surface area contributed by atoms with Gasteiger partial charge in [-0.3, -0.25) is 0 Å². The van der Waals surface area contributed by atoms with Gasteiger partial charge in [0.2, 0.25) is 6.17 Å². The molecule has 0 spiro atoms. The Morgan fingerprint density at radius 3 is 2.82 bits per heavy atom. The molecule has 90 valence electrons. The number of hydrogen-bond donors (Lipinski definition) is 1. The molecule has 0 saturated carbocycles. The Balaban J connectivity index is 2.93. The van der Waals surface area contributed by atoms with Gasteiger partial charge in [-0.05, 0) is 18.6 Å². The molecule has 1 aromatic rings. The van der Waals surface area contributed by atoms with E-state index in [-0.39, 0.29) is 12.2 Å². The van der Waals surface area contributed by atoms with Gasteiger partial charge in [-0.25, -0.2) is 9.18 Å². The Morgan fingerprint density at radius 2 is 2.24 bits per heavy atom. The van der Waals surface area contributed by atoms with E-state index in [1.54, 1.807) is 19.1 Å². The Hall–Kier alpha value is -1.93. The molecule has 0 aliphatic heterocycles. The maximum absolute atomic E-state index is 13.7. The molecule has 0 amide bonds. The van der Waals surface area contributed by atoms with Gasteiger partial charge in [-0.1, -0.05) is 18.2 Å². The summed E-state index contributed by atoms with van der Waals surface area (Å²) in [4.78, 5) is 11.2. The molecule has 0 radical (unpaired) electrons. The maximum atomic E-state index is 13.7. The second-order valence-electron chi connectivity index (χ2n) is 3.38. The van der Waals surface area contributed by atoms with Crippen LogP contribution >= 0.6 is 0 Å². The van der Waals surface area contributed by atoms with Gasteiger partial charge in [0.1, 0.15) is 0 Å². The average Bonchev–Trinajstić information content (AvgIpc) is 2.37. The average molecular weight is 236 g/mol. The second-order valence-corrected chi connectivity index (χ2v) is 3.38. The molecule has 0 saturated heterocycles. The van der Waals surface area contributed by atoms with Gasteiger partial charge in [0.05, 0.1) is 24.3 Å². The highest BCUT2D eigenvalue weighted by Gasteiger charge is 2.29. The predicted molar refractivity (Wildman–Crippen MR) is 59.6 cm³/mol. The molecule has 4 nitrogen and oxygen atoms in total. The highest BCUT2D eigenvalue weighted by Crippen LogP contribution is 2.21. The van der Waals surface area contributed by atoms with Crippen LogP contribution in [0.2, 0.25) is 0 Å². The highest BCUT2D eigenvalue weighted by atomic mass is 19.1. The molecule has 0 aromatic heterocycles. The summed E-state index contributed by atoms with van der Waals surface area (Å²) in [5, 5.41) is 8.85. The van der Waals surface area contributed by atoms with Crippen molar-refractivity contribution < 1.29 is 13.9 Å². The zero-order chi connectivity index (χ0) is 12.8. The summed E-state index contributed by atoms with van der Waals surface area (Å²) in [6.45, 7) is 1.67. The first kappa shape index (κ1) is 13.1. The van der Waals surface area contributed by atoms with Crippen LogP contribution in [0, 0.1) is 11.3 Å². The van der Waals surface area contributed by atoms with E-state index in [0.717, 1.165) is 0 Å². The van der Waals surface area contributed by atoms with Gasteiger partial charge < -0.3 is 10.5 Å². The fourth-order valence-electron chi connectivity index (χ4n) is 1.42. The third-order valence-corrected chi connectivity index (χ3v) is 2.27. The Kier molecular flexibility index (Phi) is 4.61. The first-order valence-electron chi connectivity index (χ1n) is 5.17. The summed E-state index contributed by atoms with van der Waals surface area (Å²) in [5.41, 5.74) is 6.18. The number of ether oxygens (including phenoxy) is 1. The lowest BCUT2D eigenvalue weighted by Crippen LogP contribution is -2.32. The van der Waals surface area contributed by atoms with E-state index in [1.807, 2.05) is 6.07 Å². The van der Waals surface area contributed by atoms with Crippen LogP contribution in [0.3, 0.4) is 0 Å². The van der Waals surface area contributed by atoms with E-state index < -0.39 is 18.2 Å². The van der Waals surface area contributed by atoms with E-state index in [9.17, 15) is 9.18 Å². The first-order valence-corrected chi connectivity index (χ1v) is 5.17. The smallest absolute Gasteiger partial charge is 0.342 e. The highest BCUT2D eigenvalue weighted by molar-refractivity contribution is 5.76. The number of esters is 1. The molecule has 0 aliphatic rings. The van der Waals surface area contributed by atoms with Gasteiger partial charge in [-0.15, -0.1) is 0 Å². The summed E-state index contributed by atoms with van der Waals surface area (Å²) in [7, 11) is 0. The van der Waals surface area contributed by atoms with Crippen LogP contribution in [-0.4, -0.2) is 18.7 Å². The van der Waals surface area contributed by atoms with Crippen LogP contribution in [-0.2, 0) is 9.53 Å². The minimum Gasteiger partial charge on any atom is -0.464 e. The van der Waals surface area contributed by atoms with Crippen molar-refractivity contribution in [3.8, 4) is 6.07 Å². The lowest BCUT2D eigenvalue weighted by molar-refractivity contribution is -0.149. The van der Waals surface area contributed by atoms with E-state index in [0.29, 0.717) is 5.56 Å². The number of benzene rings is 1. The Bertz CT molecular complexity index is 442. The van der Waals surface area contributed by atoms with E-state index >= 15 is 0 Å². The van der Waals surface area contributed by atoms with Gasteiger partial charge in [0.25, 0.3) is 0 Å². The monoisotopic (exact) mass is 236 g/mol. The topological polar surface area (TPSA) is 76.1 Å². The second kappa shape index (κ2) is 5.97. The molecule has 1 rings (SSSR count). The van der Waals surface area contributed by atoms with Crippen molar-refractivity contribution >= 4 is 5.97 Å². The first-order chi connectivity index (χ1) is 8.11. The standard InChI is InChI=1S/C12H13FN2O2/c1-2-17-12(16)10(13)11(15)9-6-4-3-5-8(9)7-14/h3-6,10-11H,2,15H2,1H3/t10?,11-/m0/s1. The fourth-order valence-corrected chi connectivity index (χ4v) is 1.42. The zero-order valence-electron chi connectivity index (χ0n) is 9.39. The number of nitrogens with zero attached hydrogens (tertiary/aromatic N) is 1. The number of rotatable bonds is 4. The van der Waals surface area contributed by atoms with Crippen LogP contribution in [0.25, 0.3) is 0 Å². The van der Waals surface area contributed by atoms with Crippen molar-refractivity contribution in [1.82, 2.24) is 0 Å². The van der Waals surface area contributed by atoms with Crippen LogP contribution in [0.5, 0.6) is 0 Å². The third kappa shape index (κ3) is 3.02. The number of alkyl halides is 1. The maximum Gasteiger partial charge on any atom is 0.342 e. The summed E-state index contributed by atoms with van der Waals surface area (Å²) in [6.07, 6.45) is -1.97. The van der Waals surface area contributed by atoms with Crippen LogP contribution in [0.15, 0.2) is 24.3 Å². The minimum atomic E-state index is -1.97. The lowest BCUT2D eigenvalue weighted by atomic mass is 9.98. The van der Waals surface area contributed by atoms with Crippen molar-refractivity contribution in [3.63, 3.8) is 0 Å². The summed E-state index contributed by atoms with van der Waals surface area (Å²) >= 11 is 0. The fraction of sp³-hybridized carbons (Fsp3) is 0.333. The van der Waals surface area contributed by atoms with Crippen LogP contribution < -0.4 is 5.73 Å². The molecule has 0 fully saturated rings. The quantitative estimate of drug-likeness (QED) is 0.803. The van der Waals surface area contributed by atoms with Gasteiger partial charge in [0, 0.05) is 0 Å². The molecule has 5 heteroatoms.